The fourth-order valence-electron chi connectivity index (χ4n) is 1.82. The van der Waals surface area contributed by atoms with Crippen molar-refractivity contribution in [1.82, 2.24) is 0 Å². The Hall–Kier alpha value is -2.50. The lowest BCUT2D eigenvalue weighted by Crippen LogP contribution is -2.10. The molecule has 0 aliphatic carbocycles. The van der Waals surface area contributed by atoms with Gasteiger partial charge in [-0.05, 0) is 42.8 Å². The lowest BCUT2D eigenvalue weighted by Gasteiger charge is -2.09. The molecule has 3 nitrogen and oxygen atoms in total. The van der Waals surface area contributed by atoms with Gasteiger partial charge in [0.05, 0.1) is 5.56 Å². The van der Waals surface area contributed by atoms with E-state index in [0.717, 1.165) is 24.3 Å². The molecule has 0 aromatic heterocycles. The first-order chi connectivity index (χ1) is 9.88. The topological polar surface area (TPSA) is 52.3 Å². The molecule has 0 atom stereocenters. The van der Waals surface area contributed by atoms with Crippen molar-refractivity contribution in [2.24, 2.45) is 0 Å². The molecule has 2 aromatic rings. The molecule has 0 saturated carbocycles. The predicted molar refractivity (Wildman–Crippen MR) is 71.0 cm³/mol. The summed E-state index contributed by atoms with van der Waals surface area (Å²) in [6.07, 6.45) is 0. The van der Waals surface area contributed by atoms with Gasteiger partial charge in [0.2, 0.25) is 0 Å². The van der Waals surface area contributed by atoms with Gasteiger partial charge in [0, 0.05) is 11.3 Å². The Morgan fingerprint density at radius 1 is 1.19 bits per heavy atom. The van der Waals surface area contributed by atoms with Gasteiger partial charge < -0.3 is 10.5 Å². The highest BCUT2D eigenvalue weighted by Crippen LogP contribution is 2.19. The van der Waals surface area contributed by atoms with Gasteiger partial charge in [0.25, 0.3) is 0 Å². The zero-order valence-corrected chi connectivity index (χ0v) is 11.1. The third-order valence-electron chi connectivity index (χ3n) is 2.86. The predicted octanol–water partition coefficient (Wildman–Crippen LogP) is 3.35. The Bertz CT molecular complexity index is 702. The van der Waals surface area contributed by atoms with Crippen LogP contribution in [-0.2, 0) is 11.3 Å². The number of anilines is 1. The molecule has 0 aliphatic rings. The maximum Gasteiger partial charge on any atom is 0.341 e. The monoisotopic (exact) mass is 295 g/mol. The van der Waals surface area contributed by atoms with Crippen molar-refractivity contribution in [3.63, 3.8) is 0 Å². The van der Waals surface area contributed by atoms with Gasteiger partial charge in [-0.15, -0.1) is 0 Å². The van der Waals surface area contributed by atoms with Crippen LogP contribution in [-0.4, -0.2) is 5.97 Å². The fraction of sp³-hybridized carbons (Fsp3) is 0.133. The summed E-state index contributed by atoms with van der Waals surface area (Å²) in [6.45, 7) is 0.949. The van der Waals surface area contributed by atoms with Crippen molar-refractivity contribution in [1.29, 1.82) is 0 Å². The van der Waals surface area contributed by atoms with Crippen molar-refractivity contribution in [2.45, 2.75) is 13.5 Å². The summed E-state index contributed by atoms with van der Waals surface area (Å²) in [5.74, 6) is -3.12. The molecular weight excluding hydrogens is 283 g/mol. The van der Waals surface area contributed by atoms with Crippen LogP contribution in [0.15, 0.2) is 30.3 Å². The number of nitrogen functional groups attached to an aromatic ring is 1. The van der Waals surface area contributed by atoms with E-state index in [1.54, 1.807) is 0 Å². The van der Waals surface area contributed by atoms with Crippen LogP contribution in [0.5, 0.6) is 0 Å². The van der Waals surface area contributed by atoms with Gasteiger partial charge in [0.1, 0.15) is 24.1 Å². The second kappa shape index (κ2) is 5.87. The summed E-state index contributed by atoms with van der Waals surface area (Å²) in [5.41, 5.74) is 5.45. The number of aryl methyl sites for hydroxylation is 1. The SMILES string of the molecule is Cc1cc(N)cc(C(=O)OCc2cc(F)ccc2F)c1F. The van der Waals surface area contributed by atoms with Crippen LogP contribution in [0.2, 0.25) is 0 Å². The van der Waals surface area contributed by atoms with E-state index in [-0.39, 0.29) is 22.4 Å². The number of halogens is 3. The number of carbonyl (C=O) groups excluding carboxylic acids is 1. The van der Waals surface area contributed by atoms with Crippen LogP contribution in [0.25, 0.3) is 0 Å². The third-order valence-corrected chi connectivity index (χ3v) is 2.86. The maximum absolute atomic E-state index is 13.8. The molecular formula is C15H12F3NO2. The summed E-state index contributed by atoms with van der Waals surface area (Å²) in [7, 11) is 0. The largest absolute Gasteiger partial charge is 0.457 e. The molecule has 0 saturated heterocycles. The second-order valence-corrected chi connectivity index (χ2v) is 4.51. The normalized spacial score (nSPS) is 10.5. The third kappa shape index (κ3) is 3.34. The van der Waals surface area contributed by atoms with Crippen LogP contribution < -0.4 is 5.73 Å². The van der Waals surface area contributed by atoms with Gasteiger partial charge in [-0.1, -0.05) is 0 Å². The fourth-order valence-corrected chi connectivity index (χ4v) is 1.82. The first-order valence-electron chi connectivity index (χ1n) is 6.05. The van der Waals surface area contributed by atoms with Gasteiger partial charge in [-0.2, -0.15) is 0 Å². The Kier molecular flexibility index (Phi) is 4.16. The maximum atomic E-state index is 13.8. The first-order valence-corrected chi connectivity index (χ1v) is 6.05. The minimum atomic E-state index is -0.994. The standard InChI is InChI=1S/C15H12F3NO2/c1-8-4-11(19)6-12(14(8)18)15(20)21-7-9-5-10(16)2-3-13(9)17/h2-6H,7,19H2,1H3. The molecule has 2 N–H and O–H groups in total. The molecule has 0 spiro atoms. The van der Waals surface area contributed by atoms with Gasteiger partial charge in [-0.3, -0.25) is 0 Å². The van der Waals surface area contributed by atoms with Crippen molar-refractivity contribution >= 4 is 11.7 Å². The lowest BCUT2D eigenvalue weighted by atomic mass is 10.1. The molecule has 21 heavy (non-hydrogen) atoms. The summed E-state index contributed by atoms with van der Waals surface area (Å²) < 4.78 is 45.0. The van der Waals surface area contributed by atoms with Crippen LogP contribution in [0.4, 0.5) is 18.9 Å². The molecule has 0 heterocycles. The highest BCUT2D eigenvalue weighted by atomic mass is 19.1. The van der Waals surface area contributed by atoms with E-state index in [2.05, 4.69) is 0 Å². The summed E-state index contributed by atoms with van der Waals surface area (Å²) in [6, 6.07) is 5.28. The highest BCUT2D eigenvalue weighted by Gasteiger charge is 2.17. The number of hydrogen-bond donors (Lipinski definition) is 1. The van der Waals surface area contributed by atoms with Gasteiger partial charge in [-0.25, -0.2) is 18.0 Å². The summed E-state index contributed by atoms with van der Waals surface area (Å²) in [5, 5.41) is 0. The Morgan fingerprint density at radius 2 is 1.90 bits per heavy atom. The Morgan fingerprint density at radius 3 is 2.62 bits per heavy atom. The van der Waals surface area contributed by atoms with E-state index >= 15 is 0 Å². The van der Waals surface area contributed by atoms with E-state index in [4.69, 9.17) is 10.5 Å². The molecule has 2 rings (SSSR count). The van der Waals surface area contributed by atoms with E-state index in [1.165, 1.54) is 13.0 Å². The Labute approximate surface area is 119 Å². The number of benzene rings is 2. The molecule has 0 fully saturated rings. The number of ether oxygens (including phenoxy) is 1. The quantitative estimate of drug-likeness (QED) is 0.698. The van der Waals surface area contributed by atoms with E-state index in [9.17, 15) is 18.0 Å². The number of rotatable bonds is 3. The second-order valence-electron chi connectivity index (χ2n) is 4.51. The molecule has 0 amide bonds. The molecule has 6 heteroatoms. The van der Waals surface area contributed by atoms with Crippen LogP contribution in [0.1, 0.15) is 21.5 Å². The van der Waals surface area contributed by atoms with E-state index in [0.29, 0.717) is 0 Å². The van der Waals surface area contributed by atoms with Crippen molar-refractivity contribution in [3.05, 3.63) is 64.5 Å². The molecule has 110 valence electrons. The van der Waals surface area contributed by atoms with Crippen LogP contribution in [0.3, 0.4) is 0 Å². The minimum Gasteiger partial charge on any atom is -0.457 e. The molecule has 0 unspecified atom stereocenters. The Balaban J connectivity index is 2.17. The van der Waals surface area contributed by atoms with Crippen molar-refractivity contribution in [2.75, 3.05) is 5.73 Å². The highest BCUT2D eigenvalue weighted by molar-refractivity contribution is 5.91. The average molecular weight is 295 g/mol. The lowest BCUT2D eigenvalue weighted by molar-refractivity contribution is 0.0463. The van der Waals surface area contributed by atoms with Gasteiger partial charge >= 0.3 is 5.97 Å². The number of hydrogen-bond acceptors (Lipinski definition) is 3. The number of esters is 1. The van der Waals surface area contributed by atoms with E-state index < -0.39 is 30.0 Å². The van der Waals surface area contributed by atoms with Crippen LogP contribution >= 0.6 is 0 Å². The molecule has 0 bridgehead atoms. The minimum absolute atomic E-state index is 0.135. The van der Waals surface area contributed by atoms with E-state index in [1.807, 2.05) is 0 Å². The van der Waals surface area contributed by atoms with Gasteiger partial charge in [0.15, 0.2) is 0 Å². The van der Waals surface area contributed by atoms with Crippen molar-refractivity contribution in [3.8, 4) is 0 Å². The first kappa shape index (κ1) is 14.9. The van der Waals surface area contributed by atoms with Crippen molar-refractivity contribution < 1.29 is 22.7 Å². The average Bonchev–Trinajstić information content (AvgIpc) is 2.43. The number of carbonyl (C=O) groups is 1. The number of nitrogens with two attached hydrogens (primary N) is 1. The zero-order chi connectivity index (χ0) is 15.6. The smallest absolute Gasteiger partial charge is 0.341 e. The molecule has 2 aromatic carbocycles. The zero-order valence-electron chi connectivity index (χ0n) is 11.1. The summed E-state index contributed by atoms with van der Waals surface area (Å²) >= 11 is 0. The molecule has 0 radical (unpaired) electrons. The van der Waals surface area contributed by atoms with Crippen LogP contribution in [0, 0.1) is 24.4 Å². The summed E-state index contributed by atoms with van der Waals surface area (Å²) in [4.78, 5) is 11.8. The molecule has 0 aliphatic heterocycles.